The molecule has 0 amide bonds. The lowest BCUT2D eigenvalue weighted by molar-refractivity contribution is 0.658. The molecule has 2 N–H and O–H groups in total. The molecule has 1 aromatic rings. The molecule has 1 nitrogen and oxygen atoms in total. The lowest BCUT2D eigenvalue weighted by Gasteiger charge is -2.25. The second-order valence-electron chi connectivity index (χ2n) is 5.73. The van der Waals surface area contributed by atoms with Crippen LogP contribution in [0.25, 0.3) is 0 Å². The molecule has 0 radical (unpaired) electrons. The lowest BCUT2D eigenvalue weighted by atomic mass is 9.80. The van der Waals surface area contributed by atoms with Gasteiger partial charge < -0.3 is 5.73 Å². The minimum atomic E-state index is 0.272. The SMILES string of the molecule is CCc1cc2c(c(CC(C)N)c1CC)CCCC2. The van der Waals surface area contributed by atoms with E-state index in [9.17, 15) is 0 Å². The molecular weight excluding hydrogens is 218 g/mol. The van der Waals surface area contributed by atoms with E-state index in [-0.39, 0.29) is 6.04 Å². The van der Waals surface area contributed by atoms with Crippen molar-refractivity contribution in [2.45, 2.75) is 71.8 Å². The Balaban J connectivity index is 2.55. The maximum atomic E-state index is 6.07. The Kier molecular flexibility index (Phi) is 4.45. The molecular formula is C17H27N. The van der Waals surface area contributed by atoms with Gasteiger partial charge in [-0.05, 0) is 79.7 Å². The number of benzene rings is 1. The minimum Gasteiger partial charge on any atom is -0.328 e. The predicted octanol–water partition coefficient (Wildman–Crippen LogP) is 3.58. The van der Waals surface area contributed by atoms with Gasteiger partial charge in [0.05, 0.1) is 0 Å². The summed E-state index contributed by atoms with van der Waals surface area (Å²) in [6.07, 6.45) is 8.62. The molecule has 1 aromatic carbocycles. The first-order valence-corrected chi connectivity index (χ1v) is 7.58. The molecule has 1 atom stereocenters. The summed E-state index contributed by atoms with van der Waals surface area (Å²) in [4.78, 5) is 0. The van der Waals surface area contributed by atoms with E-state index in [1.54, 1.807) is 27.8 Å². The van der Waals surface area contributed by atoms with Crippen LogP contribution in [0.15, 0.2) is 6.07 Å². The Morgan fingerprint density at radius 2 is 1.83 bits per heavy atom. The molecule has 0 aromatic heterocycles. The summed E-state index contributed by atoms with van der Waals surface area (Å²) in [5.74, 6) is 0. The van der Waals surface area contributed by atoms with Gasteiger partial charge in [0.1, 0.15) is 0 Å². The van der Waals surface area contributed by atoms with Gasteiger partial charge >= 0.3 is 0 Å². The average Bonchev–Trinajstić information content (AvgIpc) is 2.37. The molecule has 0 bridgehead atoms. The number of fused-ring (bicyclic) bond motifs is 1. The summed E-state index contributed by atoms with van der Waals surface area (Å²) in [5, 5.41) is 0. The molecule has 2 rings (SSSR count). The van der Waals surface area contributed by atoms with Crippen LogP contribution in [-0.4, -0.2) is 6.04 Å². The first-order valence-electron chi connectivity index (χ1n) is 7.58. The van der Waals surface area contributed by atoms with Gasteiger partial charge in [0.15, 0.2) is 0 Å². The molecule has 0 fully saturated rings. The van der Waals surface area contributed by atoms with E-state index < -0.39 is 0 Å². The predicted molar refractivity (Wildman–Crippen MR) is 79.2 cm³/mol. The number of nitrogens with two attached hydrogens (primary N) is 1. The average molecular weight is 245 g/mol. The maximum absolute atomic E-state index is 6.07. The van der Waals surface area contributed by atoms with Gasteiger partial charge in [-0.1, -0.05) is 19.9 Å². The summed E-state index contributed by atoms with van der Waals surface area (Å²) in [6, 6.07) is 2.76. The molecule has 0 heterocycles. The molecule has 1 aliphatic rings. The van der Waals surface area contributed by atoms with Crippen LogP contribution in [0.1, 0.15) is 61.4 Å². The van der Waals surface area contributed by atoms with E-state index in [1.165, 1.54) is 25.7 Å². The Bertz CT molecular complexity index is 404. The quantitative estimate of drug-likeness (QED) is 0.862. The Morgan fingerprint density at radius 1 is 1.11 bits per heavy atom. The van der Waals surface area contributed by atoms with E-state index in [0.29, 0.717) is 0 Å². The van der Waals surface area contributed by atoms with E-state index in [1.807, 2.05) is 0 Å². The van der Waals surface area contributed by atoms with Gasteiger partial charge in [-0.25, -0.2) is 0 Å². The Labute approximate surface area is 112 Å². The molecule has 0 aliphatic heterocycles. The summed E-state index contributed by atoms with van der Waals surface area (Å²) in [5.41, 5.74) is 14.1. The van der Waals surface area contributed by atoms with Crippen molar-refractivity contribution in [3.8, 4) is 0 Å². The van der Waals surface area contributed by atoms with Gasteiger partial charge in [-0.2, -0.15) is 0 Å². The van der Waals surface area contributed by atoms with Gasteiger partial charge in [0.25, 0.3) is 0 Å². The molecule has 1 unspecified atom stereocenters. The second kappa shape index (κ2) is 5.88. The molecule has 0 saturated heterocycles. The molecule has 1 aliphatic carbocycles. The highest BCUT2D eigenvalue weighted by Crippen LogP contribution is 2.31. The lowest BCUT2D eigenvalue weighted by Crippen LogP contribution is -2.22. The van der Waals surface area contributed by atoms with Crippen molar-refractivity contribution in [2.24, 2.45) is 5.73 Å². The van der Waals surface area contributed by atoms with Crippen molar-refractivity contribution in [1.29, 1.82) is 0 Å². The Hall–Kier alpha value is -0.820. The highest BCUT2D eigenvalue weighted by Gasteiger charge is 2.19. The number of hydrogen-bond acceptors (Lipinski definition) is 1. The molecule has 18 heavy (non-hydrogen) atoms. The monoisotopic (exact) mass is 245 g/mol. The van der Waals surface area contributed by atoms with Crippen molar-refractivity contribution in [1.82, 2.24) is 0 Å². The number of rotatable bonds is 4. The minimum absolute atomic E-state index is 0.272. The van der Waals surface area contributed by atoms with Crippen LogP contribution in [0.2, 0.25) is 0 Å². The van der Waals surface area contributed by atoms with Crippen LogP contribution in [0.3, 0.4) is 0 Å². The molecule has 0 saturated carbocycles. The first-order chi connectivity index (χ1) is 8.67. The van der Waals surface area contributed by atoms with Crippen LogP contribution in [0.4, 0.5) is 0 Å². The van der Waals surface area contributed by atoms with Crippen molar-refractivity contribution in [2.75, 3.05) is 0 Å². The number of aryl methyl sites for hydroxylation is 2. The van der Waals surface area contributed by atoms with Crippen LogP contribution in [0, 0.1) is 0 Å². The van der Waals surface area contributed by atoms with Crippen LogP contribution < -0.4 is 5.73 Å². The smallest absolute Gasteiger partial charge is 0.00511 e. The van der Waals surface area contributed by atoms with Crippen molar-refractivity contribution in [3.63, 3.8) is 0 Å². The first kappa shape index (κ1) is 13.6. The highest BCUT2D eigenvalue weighted by molar-refractivity contribution is 5.48. The standard InChI is InChI=1S/C17H27N/c1-4-13-11-14-8-6-7-9-16(14)17(10-12(3)18)15(13)5-2/h11-12H,4-10,18H2,1-3H3. The van der Waals surface area contributed by atoms with Crippen LogP contribution in [-0.2, 0) is 32.1 Å². The van der Waals surface area contributed by atoms with Crippen LogP contribution >= 0.6 is 0 Å². The van der Waals surface area contributed by atoms with E-state index in [0.717, 1.165) is 19.3 Å². The maximum Gasteiger partial charge on any atom is 0.00511 e. The van der Waals surface area contributed by atoms with Gasteiger partial charge in [0, 0.05) is 6.04 Å². The van der Waals surface area contributed by atoms with Crippen molar-refractivity contribution < 1.29 is 0 Å². The Morgan fingerprint density at radius 3 is 2.44 bits per heavy atom. The zero-order valence-electron chi connectivity index (χ0n) is 12.2. The van der Waals surface area contributed by atoms with E-state index in [4.69, 9.17) is 5.73 Å². The third kappa shape index (κ3) is 2.61. The normalized spacial score (nSPS) is 16.4. The highest BCUT2D eigenvalue weighted by atomic mass is 14.6. The third-order valence-corrected chi connectivity index (χ3v) is 4.24. The molecule has 100 valence electrons. The fourth-order valence-corrected chi connectivity index (χ4v) is 3.43. The fourth-order valence-electron chi connectivity index (χ4n) is 3.43. The summed E-state index contributed by atoms with van der Waals surface area (Å²) in [6.45, 7) is 6.70. The van der Waals surface area contributed by atoms with Gasteiger partial charge in [0.2, 0.25) is 0 Å². The summed E-state index contributed by atoms with van der Waals surface area (Å²) < 4.78 is 0. The van der Waals surface area contributed by atoms with Crippen molar-refractivity contribution in [3.05, 3.63) is 33.9 Å². The van der Waals surface area contributed by atoms with Gasteiger partial charge in [-0.15, -0.1) is 0 Å². The van der Waals surface area contributed by atoms with Gasteiger partial charge in [-0.3, -0.25) is 0 Å². The molecule has 1 heteroatoms. The van der Waals surface area contributed by atoms with Crippen molar-refractivity contribution >= 4 is 0 Å². The summed E-state index contributed by atoms with van der Waals surface area (Å²) >= 11 is 0. The largest absolute Gasteiger partial charge is 0.328 e. The van der Waals surface area contributed by atoms with E-state index in [2.05, 4.69) is 26.8 Å². The zero-order valence-corrected chi connectivity index (χ0v) is 12.2. The third-order valence-electron chi connectivity index (χ3n) is 4.24. The zero-order chi connectivity index (χ0) is 13.1. The summed E-state index contributed by atoms with van der Waals surface area (Å²) in [7, 11) is 0. The van der Waals surface area contributed by atoms with E-state index >= 15 is 0 Å². The molecule has 0 spiro atoms. The number of hydrogen-bond donors (Lipinski definition) is 1. The van der Waals surface area contributed by atoms with Crippen LogP contribution in [0.5, 0.6) is 0 Å². The second-order valence-corrected chi connectivity index (χ2v) is 5.73. The fraction of sp³-hybridized carbons (Fsp3) is 0.647. The topological polar surface area (TPSA) is 26.0 Å².